The van der Waals surface area contributed by atoms with Crippen LogP contribution in [-0.2, 0) is 11.3 Å². The van der Waals surface area contributed by atoms with Crippen LogP contribution in [0, 0.1) is 5.82 Å². The van der Waals surface area contributed by atoms with Crippen LogP contribution in [0.3, 0.4) is 0 Å². The van der Waals surface area contributed by atoms with Crippen LogP contribution in [0.25, 0.3) is 10.9 Å². The highest BCUT2D eigenvalue weighted by molar-refractivity contribution is 7.98. The van der Waals surface area contributed by atoms with Crippen molar-refractivity contribution in [1.82, 2.24) is 14.5 Å². The number of nitrogens with zero attached hydrogens (tertiary/aromatic N) is 4. The number of aromatic nitrogens is 3. The number of fused-ring (bicyclic) bond motifs is 1. The van der Waals surface area contributed by atoms with E-state index in [2.05, 4.69) is 20.3 Å². The van der Waals surface area contributed by atoms with Crippen molar-refractivity contribution in [2.75, 3.05) is 18.6 Å². The molecule has 1 aromatic carbocycles. The summed E-state index contributed by atoms with van der Waals surface area (Å²) in [6, 6.07) is 7.01. The van der Waals surface area contributed by atoms with E-state index in [0.717, 1.165) is 11.8 Å². The maximum Gasteiger partial charge on any atom is 0.419 e. The number of hydrogen-bond donors (Lipinski definition) is 1. The lowest BCUT2D eigenvalue weighted by Gasteiger charge is -2.21. The molecule has 0 atom stereocenters. The zero-order chi connectivity index (χ0) is 21.9. The molecule has 0 aliphatic rings. The lowest BCUT2D eigenvalue weighted by atomic mass is 10.2. The molecule has 9 heteroatoms. The highest BCUT2D eigenvalue weighted by Crippen LogP contribution is 2.18. The summed E-state index contributed by atoms with van der Waals surface area (Å²) in [4.78, 5) is 25.7. The fourth-order valence-electron chi connectivity index (χ4n) is 2.86. The van der Waals surface area contributed by atoms with E-state index in [0.29, 0.717) is 21.9 Å². The molecule has 0 unspecified atom stereocenters. The van der Waals surface area contributed by atoms with Gasteiger partial charge in [0.2, 0.25) is 0 Å². The average Bonchev–Trinajstić information content (AvgIpc) is 2.71. The Bertz CT molecular complexity index is 1150. The number of carbonyl (C=O) groups is 1. The zero-order valence-corrected chi connectivity index (χ0v) is 18.4. The van der Waals surface area contributed by atoms with Crippen molar-refractivity contribution in [3.63, 3.8) is 0 Å². The van der Waals surface area contributed by atoms with Crippen LogP contribution in [0.5, 0.6) is 0 Å². The summed E-state index contributed by atoms with van der Waals surface area (Å²) in [7, 11) is 1.76. The van der Waals surface area contributed by atoms with E-state index < -0.39 is 17.5 Å². The molecule has 3 aromatic rings. The molecule has 0 amide bonds. The van der Waals surface area contributed by atoms with Crippen molar-refractivity contribution in [1.29, 1.82) is 0 Å². The van der Waals surface area contributed by atoms with E-state index in [1.807, 2.05) is 6.26 Å². The normalized spacial score (nSPS) is 12.3. The first-order valence-electron chi connectivity index (χ1n) is 9.35. The number of ether oxygens (including phenoxy) is 1. The highest BCUT2D eigenvalue weighted by Gasteiger charge is 2.20. The molecular formula is C21H24FN5O2S. The van der Waals surface area contributed by atoms with Gasteiger partial charge in [0.05, 0.1) is 18.3 Å². The maximum atomic E-state index is 15.0. The average molecular weight is 430 g/mol. The van der Waals surface area contributed by atoms with Crippen molar-refractivity contribution >= 4 is 34.6 Å². The molecule has 0 spiro atoms. The topological polar surface area (TPSA) is 81.4 Å². The second-order valence-corrected chi connectivity index (χ2v) is 8.26. The van der Waals surface area contributed by atoms with Gasteiger partial charge in [-0.2, -0.15) is 0 Å². The molecule has 158 valence electrons. The first-order chi connectivity index (χ1) is 14.2. The SMILES string of the molecule is CNc1nc(SC)ncc1CN=c1c(F)cn(C(=O)OC(C)(C)C)c2ccccc12. The Morgan fingerprint density at radius 3 is 2.73 bits per heavy atom. The molecule has 2 heterocycles. The van der Waals surface area contributed by atoms with E-state index in [-0.39, 0.29) is 11.9 Å². The fourth-order valence-corrected chi connectivity index (χ4v) is 3.21. The summed E-state index contributed by atoms with van der Waals surface area (Å²) in [5.74, 6) is 0.0229. The third-order valence-electron chi connectivity index (χ3n) is 4.15. The second kappa shape index (κ2) is 8.83. The number of pyridine rings is 1. The van der Waals surface area contributed by atoms with Gasteiger partial charge in [0, 0.05) is 24.2 Å². The number of carbonyl (C=O) groups excluding carboxylic acids is 1. The number of nitrogens with one attached hydrogen (secondary N) is 1. The van der Waals surface area contributed by atoms with E-state index in [1.165, 1.54) is 16.3 Å². The minimum Gasteiger partial charge on any atom is -0.443 e. The van der Waals surface area contributed by atoms with Crippen LogP contribution < -0.4 is 10.7 Å². The number of hydrogen-bond acceptors (Lipinski definition) is 7. The highest BCUT2D eigenvalue weighted by atomic mass is 32.2. The maximum absolute atomic E-state index is 15.0. The lowest BCUT2D eigenvalue weighted by Crippen LogP contribution is -2.29. The van der Waals surface area contributed by atoms with Gasteiger partial charge in [-0.3, -0.25) is 4.99 Å². The third kappa shape index (κ3) is 4.79. The van der Waals surface area contributed by atoms with Crippen molar-refractivity contribution in [3.8, 4) is 0 Å². The molecule has 0 bridgehead atoms. The van der Waals surface area contributed by atoms with Crippen LogP contribution in [0.2, 0.25) is 0 Å². The van der Waals surface area contributed by atoms with Gasteiger partial charge < -0.3 is 10.1 Å². The molecule has 0 fully saturated rings. The van der Waals surface area contributed by atoms with Crippen LogP contribution in [0.1, 0.15) is 26.3 Å². The number of rotatable bonds is 4. The molecule has 0 aliphatic heterocycles. The second-order valence-electron chi connectivity index (χ2n) is 7.49. The summed E-state index contributed by atoms with van der Waals surface area (Å²) in [6.45, 7) is 5.47. The van der Waals surface area contributed by atoms with Gasteiger partial charge in [-0.15, -0.1) is 0 Å². The molecule has 0 saturated heterocycles. The number of para-hydroxylation sites is 1. The van der Waals surface area contributed by atoms with Gasteiger partial charge in [-0.05, 0) is 33.1 Å². The largest absolute Gasteiger partial charge is 0.443 e. The minimum atomic E-state index is -0.697. The van der Waals surface area contributed by atoms with Crippen LogP contribution >= 0.6 is 11.8 Å². The molecule has 1 N–H and O–H groups in total. The smallest absolute Gasteiger partial charge is 0.419 e. The Morgan fingerprint density at radius 1 is 1.33 bits per heavy atom. The molecule has 2 aromatic heterocycles. The number of halogens is 1. The van der Waals surface area contributed by atoms with E-state index in [1.54, 1.807) is 58.3 Å². The Labute approximate surface area is 178 Å². The molecule has 0 radical (unpaired) electrons. The predicted molar refractivity (Wildman–Crippen MR) is 116 cm³/mol. The lowest BCUT2D eigenvalue weighted by molar-refractivity contribution is 0.0541. The van der Waals surface area contributed by atoms with Gasteiger partial charge in [-0.1, -0.05) is 30.0 Å². The summed E-state index contributed by atoms with van der Waals surface area (Å²) in [6.07, 6.45) is 4.03. The van der Waals surface area contributed by atoms with Gasteiger partial charge in [0.15, 0.2) is 11.0 Å². The van der Waals surface area contributed by atoms with Crippen molar-refractivity contribution in [3.05, 3.63) is 53.4 Å². The summed E-state index contributed by atoms with van der Waals surface area (Å²) < 4.78 is 21.6. The van der Waals surface area contributed by atoms with Gasteiger partial charge in [0.1, 0.15) is 16.8 Å². The Hall–Kier alpha value is -2.94. The van der Waals surface area contributed by atoms with Crippen molar-refractivity contribution < 1.29 is 13.9 Å². The van der Waals surface area contributed by atoms with E-state index in [9.17, 15) is 4.79 Å². The van der Waals surface area contributed by atoms with Crippen LogP contribution in [-0.4, -0.2) is 39.5 Å². The summed E-state index contributed by atoms with van der Waals surface area (Å²) in [5.41, 5.74) is 0.550. The monoisotopic (exact) mass is 429 g/mol. The standard InChI is InChI=1S/C21H24FN5O2S/c1-21(2,3)29-20(28)27-12-15(22)17(14-8-6-7-9-16(14)27)24-10-13-11-25-19(30-5)26-18(13)23-4/h6-9,11-12H,10H2,1-5H3,(H,23,25,26). The summed E-state index contributed by atoms with van der Waals surface area (Å²) >= 11 is 1.43. The molecule has 0 aliphatic carbocycles. The van der Waals surface area contributed by atoms with Gasteiger partial charge in [-0.25, -0.2) is 23.7 Å². The number of anilines is 1. The van der Waals surface area contributed by atoms with E-state index >= 15 is 4.39 Å². The number of benzene rings is 1. The zero-order valence-electron chi connectivity index (χ0n) is 17.6. The first-order valence-corrected chi connectivity index (χ1v) is 10.6. The third-order valence-corrected chi connectivity index (χ3v) is 4.71. The fraction of sp³-hybridized carbons (Fsp3) is 0.333. The van der Waals surface area contributed by atoms with Gasteiger partial charge in [0.25, 0.3) is 0 Å². The predicted octanol–water partition coefficient (Wildman–Crippen LogP) is 4.22. The Morgan fingerprint density at radius 2 is 2.07 bits per heavy atom. The van der Waals surface area contributed by atoms with Gasteiger partial charge >= 0.3 is 6.09 Å². The Balaban J connectivity index is 2.09. The molecule has 0 saturated carbocycles. The minimum absolute atomic E-state index is 0.168. The molecule has 3 rings (SSSR count). The number of thioether (sulfide) groups is 1. The van der Waals surface area contributed by atoms with Crippen LogP contribution in [0.4, 0.5) is 15.0 Å². The first kappa shape index (κ1) is 21.8. The van der Waals surface area contributed by atoms with Crippen molar-refractivity contribution in [2.24, 2.45) is 4.99 Å². The quantitative estimate of drug-likeness (QED) is 0.494. The van der Waals surface area contributed by atoms with Crippen LogP contribution in [0.15, 0.2) is 46.8 Å². The molecule has 7 nitrogen and oxygen atoms in total. The molecular weight excluding hydrogens is 405 g/mol. The summed E-state index contributed by atoms with van der Waals surface area (Å²) in [5, 5.41) is 4.34. The Kier molecular flexibility index (Phi) is 6.40. The van der Waals surface area contributed by atoms with E-state index in [4.69, 9.17) is 4.74 Å². The molecule has 30 heavy (non-hydrogen) atoms. The van der Waals surface area contributed by atoms with Crippen molar-refractivity contribution in [2.45, 2.75) is 38.1 Å².